The summed E-state index contributed by atoms with van der Waals surface area (Å²) in [6.07, 6.45) is 0.442. The normalized spacial score (nSPS) is 14.7. The number of aliphatic hydroxyl groups excluding tert-OH is 1. The fourth-order valence-corrected chi connectivity index (χ4v) is 9.35. The number of amides is 11. The van der Waals surface area contributed by atoms with Crippen LogP contribution in [-0.4, -0.2) is 166 Å². The van der Waals surface area contributed by atoms with E-state index in [-0.39, 0.29) is 101 Å². The second kappa shape index (κ2) is 35.1. The van der Waals surface area contributed by atoms with Crippen LogP contribution in [0.25, 0.3) is 10.9 Å². The molecule has 3 aromatic carbocycles. The maximum atomic E-state index is 14.4. The standard InChI is InChI=1S/C57H77N15O14.ClH/c1-32(2)24-41(51(80)67-40(14-8-22-62-56(60)61)55(84)72-23-9-15-45(72)54(83)64-28-47(59)76)66-48(77)29-65-49(78)42(25-33-16-18-36(74)19-17-33)68-53(82)44(30-73)70-52(81)43(26-35-27-63-38-13-7-6-12-37(35)38)69-50(79)39(20-21-46(58)75)71-57(85)86-31-34-10-4-3-5-11-34;/h3-7,10-13,16-19,27,32,39-45,63,73-74H,8-9,14-15,20-26,28-31H2,1-2H3,(H2,58,75)(H2,59,76)(H,64,83)(H,65,78)(H,66,77)(H,67,80)(H,68,82)(H,69,79)(H,70,81)(H,71,85)(H4,60,61,62);1H/t39-,40-,41-,42-,43-,44-,45-;/m0./s1. The van der Waals surface area contributed by atoms with Crippen molar-refractivity contribution in [2.24, 2.45) is 33.8 Å². The summed E-state index contributed by atoms with van der Waals surface area (Å²) < 4.78 is 5.30. The Hall–Kier alpha value is -9.51. The molecule has 7 atom stereocenters. The number of hydrogen-bond acceptors (Lipinski definition) is 15. The zero-order valence-electron chi connectivity index (χ0n) is 48.2. The number of fused-ring (bicyclic) bond motifs is 1. The van der Waals surface area contributed by atoms with Gasteiger partial charge in [0, 0.05) is 49.5 Å². The lowest BCUT2D eigenvalue weighted by Crippen LogP contribution is -2.60. The van der Waals surface area contributed by atoms with Crippen molar-refractivity contribution in [1.82, 2.24) is 52.4 Å². The number of aliphatic hydroxyl groups is 1. The summed E-state index contributed by atoms with van der Waals surface area (Å²) in [4.78, 5) is 156. The average Bonchev–Trinajstić information content (AvgIpc) is 4.16. The molecule has 0 spiro atoms. The molecule has 19 N–H and O–H groups in total. The summed E-state index contributed by atoms with van der Waals surface area (Å²) >= 11 is 0. The van der Waals surface area contributed by atoms with Crippen LogP contribution in [0.5, 0.6) is 5.75 Å². The van der Waals surface area contributed by atoms with Gasteiger partial charge in [-0.15, -0.1) is 12.4 Å². The SMILES string of the molecule is CC(C)C[C@H](NC(=O)CNC(=O)[C@H](Cc1ccc(O)cc1)NC(=O)[C@H](CO)NC(=O)[C@H](Cc1c[nH]c2ccccc12)NC(=O)[C@H](CCC(N)=O)NC(=O)OCc1ccccc1)C(=O)N[C@@H](CCCN=C(N)N)C(=O)N1CCC[C@H]1C(=O)NCC(N)=O.Cl. The maximum Gasteiger partial charge on any atom is 0.408 e. The second-order valence-corrected chi connectivity index (χ2v) is 20.9. The Kier molecular flexibility index (Phi) is 28.2. The van der Waals surface area contributed by atoms with Gasteiger partial charge in [0.1, 0.15) is 54.6 Å². The second-order valence-electron chi connectivity index (χ2n) is 20.9. The van der Waals surface area contributed by atoms with Gasteiger partial charge in [0.05, 0.1) is 19.7 Å². The van der Waals surface area contributed by atoms with Gasteiger partial charge in [-0.25, -0.2) is 4.79 Å². The van der Waals surface area contributed by atoms with Crippen LogP contribution in [0, 0.1) is 5.92 Å². The van der Waals surface area contributed by atoms with E-state index in [1.54, 1.807) is 74.6 Å². The largest absolute Gasteiger partial charge is 0.508 e. The monoisotopic (exact) mass is 1230 g/mol. The van der Waals surface area contributed by atoms with Gasteiger partial charge in [-0.3, -0.25) is 52.9 Å². The molecule has 87 heavy (non-hydrogen) atoms. The number of carbonyl (C=O) groups excluding carboxylic acids is 11. The Labute approximate surface area is 507 Å². The van der Waals surface area contributed by atoms with Crippen LogP contribution in [0.2, 0.25) is 0 Å². The number of aromatic hydroxyl groups is 1. The van der Waals surface area contributed by atoms with E-state index in [0.717, 1.165) is 0 Å². The van der Waals surface area contributed by atoms with Gasteiger partial charge >= 0.3 is 6.09 Å². The molecule has 0 bridgehead atoms. The Morgan fingerprint density at radius 3 is 1.94 bits per heavy atom. The number of nitrogens with zero attached hydrogens (tertiary/aromatic N) is 2. The molecule has 30 heteroatoms. The topological polar surface area (TPSA) is 469 Å². The van der Waals surface area contributed by atoms with E-state index < -0.39 is 127 Å². The highest BCUT2D eigenvalue weighted by Gasteiger charge is 2.39. The Balaban J connectivity index is 0.0000162. The summed E-state index contributed by atoms with van der Waals surface area (Å²) in [5, 5.41) is 41.4. The molecule has 0 unspecified atom stereocenters. The first-order valence-electron chi connectivity index (χ1n) is 27.9. The third-order valence-corrected chi connectivity index (χ3v) is 13.7. The van der Waals surface area contributed by atoms with Crippen molar-refractivity contribution in [2.45, 2.75) is 121 Å². The summed E-state index contributed by atoms with van der Waals surface area (Å²) in [5.41, 5.74) is 23.9. The molecule has 1 aromatic heterocycles. The van der Waals surface area contributed by atoms with E-state index >= 15 is 0 Å². The van der Waals surface area contributed by atoms with Gasteiger partial charge in [-0.2, -0.15) is 0 Å². The number of hydrogen-bond donors (Lipinski definition) is 15. The van der Waals surface area contributed by atoms with Crippen molar-refractivity contribution in [3.05, 3.63) is 102 Å². The minimum absolute atomic E-state index is 0. The summed E-state index contributed by atoms with van der Waals surface area (Å²) in [6.45, 7) is 1.40. The number of halogens is 1. The number of aromatic nitrogens is 1. The minimum Gasteiger partial charge on any atom is -0.508 e. The maximum absolute atomic E-state index is 14.4. The number of carbonyl (C=O) groups is 11. The van der Waals surface area contributed by atoms with Crippen molar-refractivity contribution < 1.29 is 67.7 Å². The Morgan fingerprint density at radius 2 is 1.29 bits per heavy atom. The van der Waals surface area contributed by atoms with Gasteiger partial charge < -0.3 is 90.3 Å². The fraction of sp³-hybridized carbons (Fsp3) is 0.439. The molecule has 1 aliphatic heterocycles. The zero-order valence-corrected chi connectivity index (χ0v) is 49.0. The summed E-state index contributed by atoms with van der Waals surface area (Å²) in [5.74, 6) is -8.93. The Morgan fingerprint density at radius 1 is 0.667 bits per heavy atom. The predicted octanol–water partition coefficient (Wildman–Crippen LogP) is -2.13. The molecule has 1 saturated heterocycles. The number of ether oxygens (including phenoxy) is 1. The minimum atomic E-state index is -1.78. The average molecular weight is 1230 g/mol. The van der Waals surface area contributed by atoms with Gasteiger partial charge in [-0.05, 0) is 79.3 Å². The van der Waals surface area contributed by atoms with Crippen molar-refractivity contribution in [2.75, 3.05) is 32.8 Å². The number of guanidine groups is 1. The van der Waals surface area contributed by atoms with Crippen LogP contribution in [0.3, 0.4) is 0 Å². The number of aromatic amines is 1. The number of likely N-dealkylation sites (tertiary alicyclic amines) is 1. The van der Waals surface area contributed by atoms with Crippen molar-refractivity contribution in [3.63, 3.8) is 0 Å². The lowest BCUT2D eigenvalue weighted by atomic mass is 10.0. The molecule has 1 aliphatic rings. The van der Waals surface area contributed by atoms with Crippen LogP contribution < -0.4 is 65.5 Å². The van der Waals surface area contributed by atoms with Crippen molar-refractivity contribution >= 4 is 94.4 Å². The van der Waals surface area contributed by atoms with Gasteiger partial charge in [0.2, 0.25) is 59.1 Å². The van der Waals surface area contributed by atoms with Gasteiger partial charge in [0.25, 0.3) is 0 Å². The molecular weight excluding hydrogens is 1150 g/mol. The lowest BCUT2D eigenvalue weighted by molar-refractivity contribution is -0.142. The number of nitrogens with two attached hydrogens (primary N) is 4. The van der Waals surface area contributed by atoms with Crippen LogP contribution in [0.15, 0.2) is 90.1 Å². The molecule has 472 valence electrons. The molecule has 29 nitrogen and oxygen atoms in total. The number of alkyl carbamates (subject to hydrolysis) is 1. The third-order valence-electron chi connectivity index (χ3n) is 13.7. The fourth-order valence-electron chi connectivity index (χ4n) is 9.35. The molecule has 2 heterocycles. The van der Waals surface area contributed by atoms with E-state index in [1.165, 1.54) is 29.2 Å². The molecule has 0 radical (unpaired) electrons. The quantitative estimate of drug-likeness (QED) is 0.0138. The number of phenols is 1. The van der Waals surface area contributed by atoms with Crippen molar-refractivity contribution in [1.29, 1.82) is 0 Å². The van der Waals surface area contributed by atoms with Crippen LogP contribution in [0.1, 0.15) is 75.5 Å². The van der Waals surface area contributed by atoms with Crippen LogP contribution in [0.4, 0.5) is 4.79 Å². The number of rotatable bonds is 33. The number of para-hydroxylation sites is 1. The number of benzene rings is 3. The molecule has 1 fully saturated rings. The molecule has 11 amide bonds. The molecule has 4 aromatic rings. The number of H-pyrrole nitrogens is 1. The van der Waals surface area contributed by atoms with Crippen LogP contribution in [-0.2, 0) is 72.1 Å². The molecular formula is C57H78ClN15O14. The Bertz CT molecular complexity index is 3050. The van der Waals surface area contributed by atoms with Crippen molar-refractivity contribution in [3.8, 4) is 5.75 Å². The highest BCUT2D eigenvalue weighted by atomic mass is 35.5. The summed E-state index contributed by atoms with van der Waals surface area (Å²) in [6, 6.07) is 11.5. The smallest absolute Gasteiger partial charge is 0.408 e. The predicted molar refractivity (Wildman–Crippen MR) is 319 cm³/mol. The zero-order chi connectivity index (χ0) is 62.9. The van der Waals surface area contributed by atoms with Gasteiger partial charge in [0.15, 0.2) is 5.96 Å². The van der Waals surface area contributed by atoms with E-state index in [0.29, 0.717) is 34.0 Å². The highest BCUT2D eigenvalue weighted by molar-refractivity contribution is 5.98. The highest BCUT2D eigenvalue weighted by Crippen LogP contribution is 2.22. The first-order chi connectivity index (χ1) is 41.0. The molecule has 0 saturated carbocycles. The van der Waals surface area contributed by atoms with Crippen LogP contribution >= 0.6 is 12.4 Å². The van der Waals surface area contributed by atoms with E-state index in [4.69, 9.17) is 27.7 Å². The first kappa shape index (κ1) is 70.0. The van der Waals surface area contributed by atoms with Gasteiger partial charge in [-0.1, -0.05) is 74.5 Å². The molecule has 0 aliphatic carbocycles. The summed E-state index contributed by atoms with van der Waals surface area (Å²) in [7, 11) is 0. The van der Waals surface area contributed by atoms with E-state index in [1.807, 2.05) is 0 Å². The lowest BCUT2D eigenvalue weighted by Gasteiger charge is -2.30. The van der Waals surface area contributed by atoms with E-state index in [9.17, 15) is 63.0 Å². The van der Waals surface area contributed by atoms with E-state index in [2.05, 4.69) is 52.5 Å². The third kappa shape index (κ3) is 23.1. The number of phenolic OH excluding ortho intramolecular Hbond substituents is 1. The number of aliphatic imine (C=N–C) groups is 1. The number of nitrogens with one attached hydrogen (secondary N) is 9. The molecule has 5 rings (SSSR count). The number of primary amides is 2. The first-order valence-corrected chi connectivity index (χ1v) is 27.9.